The summed E-state index contributed by atoms with van der Waals surface area (Å²) in [5, 5.41) is 10.4. The third kappa shape index (κ3) is 4.81. The van der Waals surface area contributed by atoms with Gasteiger partial charge in [0, 0.05) is 12.4 Å². The van der Waals surface area contributed by atoms with Crippen molar-refractivity contribution >= 4 is 5.97 Å². The van der Waals surface area contributed by atoms with Gasteiger partial charge in [0.25, 0.3) is 0 Å². The Hall–Kier alpha value is -1.19. The number of nitrogens with two attached hydrogens (primary N) is 1. The first-order chi connectivity index (χ1) is 3.77. The van der Waals surface area contributed by atoms with Gasteiger partial charge in [0.15, 0.2) is 0 Å². The second-order valence-electron chi connectivity index (χ2n) is 1.13. The molecule has 0 fully saturated rings. The molecule has 4 nitrogen and oxygen atoms in total. The van der Waals surface area contributed by atoms with Gasteiger partial charge in [0.05, 0.1) is 0 Å². The Morgan fingerprint density at radius 3 is 2.88 bits per heavy atom. The van der Waals surface area contributed by atoms with Gasteiger partial charge in [-0.05, 0) is 0 Å². The lowest BCUT2D eigenvalue weighted by Gasteiger charge is -1.89. The summed E-state index contributed by atoms with van der Waals surface area (Å²) in [6, 6.07) is 0. The van der Waals surface area contributed by atoms with E-state index in [4.69, 9.17) is 10.8 Å². The molecule has 0 heterocycles. The number of carbonyl (C=O) groups is 1. The summed E-state index contributed by atoms with van der Waals surface area (Å²) < 4.78 is 0. The van der Waals surface area contributed by atoms with Crippen molar-refractivity contribution in [3.63, 3.8) is 0 Å². The molecule has 0 rings (SSSR count). The molecule has 0 radical (unpaired) electrons. The first-order valence-electron chi connectivity index (χ1n) is 2.09. The summed E-state index contributed by atoms with van der Waals surface area (Å²) in [5.41, 5.74) is 4.88. The molecule has 0 aromatic heterocycles. The number of hydrogen-bond donors (Lipinski definition) is 3. The van der Waals surface area contributed by atoms with Gasteiger partial charge in [-0.3, -0.25) is 4.79 Å². The lowest BCUT2D eigenvalue weighted by Crippen LogP contribution is -2.16. The van der Waals surface area contributed by atoms with Crippen molar-refractivity contribution in [1.29, 1.82) is 0 Å². The summed E-state index contributed by atoms with van der Waals surface area (Å²) in [7, 11) is 0. The van der Waals surface area contributed by atoms with Crippen LogP contribution in [-0.2, 0) is 4.79 Å². The maximum Gasteiger partial charge on any atom is 0.322 e. The van der Waals surface area contributed by atoms with Crippen LogP contribution in [0.4, 0.5) is 0 Å². The number of carboxylic acids is 1. The van der Waals surface area contributed by atoms with Crippen LogP contribution in [0.15, 0.2) is 12.4 Å². The van der Waals surface area contributed by atoms with Gasteiger partial charge in [-0.15, -0.1) is 0 Å². The Labute approximate surface area is 47.0 Å². The van der Waals surface area contributed by atoms with Gasteiger partial charge in [-0.1, -0.05) is 0 Å². The van der Waals surface area contributed by atoms with Crippen LogP contribution in [0.3, 0.4) is 0 Å². The highest BCUT2D eigenvalue weighted by Crippen LogP contribution is 1.58. The van der Waals surface area contributed by atoms with Crippen LogP contribution in [-0.4, -0.2) is 17.6 Å². The molecular weight excluding hydrogens is 108 g/mol. The summed E-state index contributed by atoms with van der Waals surface area (Å²) in [5.74, 6) is -0.900. The number of aliphatic carboxylic acids is 1. The summed E-state index contributed by atoms with van der Waals surface area (Å²) >= 11 is 0. The Kier molecular flexibility index (Phi) is 3.39. The molecule has 0 aliphatic rings. The molecule has 0 saturated heterocycles. The standard InChI is InChI=1S/C4H8N2O2/c5-1-2-6-3-4(7)8/h1-2,6H,3,5H2,(H,7,8). The highest BCUT2D eigenvalue weighted by atomic mass is 16.4. The minimum atomic E-state index is -0.900. The van der Waals surface area contributed by atoms with Crippen molar-refractivity contribution in [1.82, 2.24) is 5.32 Å². The molecule has 0 bridgehead atoms. The Bertz CT molecular complexity index is 100. The number of carboxylic acid groups (broad SMARTS) is 1. The number of nitrogens with one attached hydrogen (secondary N) is 1. The van der Waals surface area contributed by atoms with E-state index >= 15 is 0 Å². The van der Waals surface area contributed by atoms with E-state index in [0.717, 1.165) is 0 Å². The van der Waals surface area contributed by atoms with Gasteiger partial charge >= 0.3 is 5.97 Å². The molecule has 0 unspecified atom stereocenters. The van der Waals surface area contributed by atoms with E-state index in [9.17, 15) is 4.79 Å². The molecule has 0 spiro atoms. The normalized spacial score (nSPS) is 9.50. The van der Waals surface area contributed by atoms with Crippen molar-refractivity contribution in [3.8, 4) is 0 Å². The second-order valence-corrected chi connectivity index (χ2v) is 1.13. The van der Waals surface area contributed by atoms with Crippen LogP contribution >= 0.6 is 0 Å². The lowest BCUT2D eigenvalue weighted by atomic mass is 10.6. The average molecular weight is 116 g/mol. The Morgan fingerprint density at radius 2 is 2.50 bits per heavy atom. The van der Waals surface area contributed by atoms with E-state index in [0.29, 0.717) is 0 Å². The predicted molar refractivity (Wildman–Crippen MR) is 29.0 cm³/mol. The fourth-order valence-electron chi connectivity index (χ4n) is 0.214. The Balaban J connectivity index is 3.05. The Morgan fingerprint density at radius 1 is 1.88 bits per heavy atom. The highest BCUT2D eigenvalue weighted by Gasteiger charge is 1.87. The van der Waals surface area contributed by atoms with Crippen LogP contribution < -0.4 is 11.1 Å². The zero-order chi connectivity index (χ0) is 6.41. The smallest absolute Gasteiger partial charge is 0.322 e. The van der Waals surface area contributed by atoms with Crippen molar-refractivity contribution in [2.24, 2.45) is 5.73 Å². The quantitative estimate of drug-likeness (QED) is 0.446. The van der Waals surface area contributed by atoms with Crippen LogP contribution in [0, 0.1) is 0 Å². The molecule has 0 atom stereocenters. The van der Waals surface area contributed by atoms with Crippen LogP contribution in [0.5, 0.6) is 0 Å². The van der Waals surface area contributed by atoms with E-state index in [1.54, 1.807) is 0 Å². The zero-order valence-electron chi connectivity index (χ0n) is 4.29. The molecule has 0 saturated carbocycles. The summed E-state index contributed by atoms with van der Waals surface area (Å²) in [4.78, 5) is 9.74. The van der Waals surface area contributed by atoms with E-state index in [-0.39, 0.29) is 6.54 Å². The predicted octanol–water partition coefficient (Wildman–Crippen LogP) is -0.909. The average Bonchev–Trinajstić information content (AvgIpc) is 1.66. The van der Waals surface area contributed by atoms with E-state index in [1.807, 2.05) is 0 Å². The number of rotatable bonds is 3. The van der Waals surface area contributed by atoms with Crippen LogP contribution in [0.2, 0.25) is 0 Å². The largest absolute Gasteiger partial charge is 0.480 e. The van der Waals surface area contributed by atoms with E-state index < -0.39 is 5.97 Å². The van der Waals surface area contributed by atoms with E-state index in [1.165, 1.54) is 12.4 Å². The molecule has 0 aliphatic carbocycles. The minimum Gasteiger partial charge on any atom is -0.480 e. The lowest BCUT2D eigenvalue weighted by molar-refractivity contribution is -0.135. The van der Waals surface area contributed by atoms with Crippen molar-refractivity contribution < 1.29 is 9.90 Å². The molecule has 4 heteroatoms. The van der Waals surface area contributed by atoms with Crippen molar-refractivity contribution in [3.05, 3.63) is 12.4 Å². The fourth-order valence-corrected chi connectivity index (χ4v) is 0.214. The van der Waals surface area contributed by atoms with Gasteiger partial charge in [0.1, 0.15) is 6.54 Å². The third-order valence-electron chi connectivity index (χ3n) is 0.467. The molecule has 4 N–H and O–H groups in total. The minimum absolute atomic E-state index is 0.0896. The van der Waals surface area contributed by atoms with Crippen molar-refractivity contribution in [2.45, 2.75) is 0 Å². The third-order valence-corrected chi connectivity index (χ3v) is 0.467. The zero-order valence-corrected chi connectivity index (χ0v) is 4.29. The topological polar surface area (TPSA) is 75.3 Å². The summed E-state index contributed by atoms with van der Waals surface area (Å²) in [6.07, 6.45) is 2.61. The SMILES string of the molecule is NC=CNCC(=O)O. The molecular formula is C4H8N2O2. The van der Waals surface area contributed by atoms with Gasteiger partial charge < -0.3 is 16.2 Å². The first-order valence-corrected chi connectivity index (χ1v) is 2.09. The second kappa shape index (κ2) is 3.98. The summed E-state index contributed by atoms with van der Waals surface area (Å²) in [6.45, 7) is -0.0896. The molecule has 0 aliphatic heterocycles. The first kappa shape index (κ1) is 6.81. The van der Waals surface area contributed by atoms with Crippen LogP contribution in [0.1, 0.15) is 0 Å². The maximum absolute atomic E-state index is 9.74. The molecule has 46 valence electrons. The molecule has 0 amide bonds. The van der Waals surface area contributed by atoms with Crippen molar-refractivity contribution in [2.75, 3.05) is 6.54 Å². The monoisotopic (exact) mass is 116 g/mol. The maximum atomic E-state index is 9.74. The fraction of sp³-hybridized carbons (Fsp3) is 0.250. The number of hydrogen-bond acceptors (Lipinski definition) is 3. The van der Waals surface area contributed by atoms with Gasteiger partial charge in [0.2, 0.25) is 0 Å². The van der Waals surface area contributed by atoms with Gasteiger partial charge in [-0.2, -0.15) is 0 Å². The van der Waals surface area contributed by atoms with E-state index in [2.05, 4.69) is 5.32 Å². The molecule has 0 aromatic carbocycles. The highest BCUT2D eigenvalue weighted by molar-refractivity contribution is 5.69. The molecule has 0 aromatic rings. The van der Waals surface area contributed by atoms with Crippen LogP contribution in [0.25, 0.3) is 0 Å². The molecule has 8 heavy (non-hydrogen) atoms. The van der Waals surface area contributed by atoms with Gasteiger partial charge in [-0.25, -0.2) is 0 Å².